The first-order chi connectivity index (χ1) is 38.4. The molecule has 0 aromatic heterocycles. The fourth-order valence-corrected chi connectivity index (χ4v) is 10.6. The van der Waals surface area contributed by atoms with E-state index in [4.69, 9.17) is 29.5 Å². The third-order valence-electron chi connectivity index (χ3n) is 15.1. The summed E-state index contributed by atoms with van der Waals surface area (Å²) in [6.07, 6.45) is 32.8. The number of ether oxygens (including phenoxy) is 3. The fourth-order valence-electron chi connectivity index (χ4n) is 10.6. The molecule has 0 radical (unpaired) electrons. The first kappa shape index (κ1) is 66.4. The summed E-state index contributed by atoms with van der Waals surface area (Å²) in [5.74, 6) is 1.45. The largest absolute Gasteiger partial charge is 0.493 e. The molecule has 0 heterocycles. The molecule has 78 heavy (non-hydrogen) atoms. The highest BCUT2D eigenvalue weighted by atomic mass is 16.5. The number of aliphatic hydroxyl groups is 9. The topological polar surface area (TPSA) is 210 Å². The Morgan fingerprint density at radius 1 is 0.192 bits per heavy atom. The Labute approximate surface area is 468 Å². The van der Waals surface area contributed by atoms with E-state index < -0.39 is 0 Å². The van der Waals surface area contributed by atoms with Gasteiger partial charge in [0.1, 0.15) is 17.2 Å². The molecule has 0 bridgehead atoms. The van der Waals surface area contributed by atoms with Crippen LogP contribution in [-0.2, 0) is 39.6 Å². The van der Waals surface area contributed by atoms with Crippen molar-refractivity contribution >= 4 is 0 Å². The summed E-state index contributed by atoms with van der Waals surface area (Å²) < 4.78 is 18.9. The Hall–Kier alpha value is -4.08. The summed E-state index contributed by atoms with van der Waals surface area (Å²) in [5.41, 5.74) is 7.84. The van der Waals surface area contributed by atoms with Crippen LogP contribution in [0.25, 0.3) is 33.4 Å². The van der Waals surface area contributed by atoms with Crippen molar-refractivity contribution in [3.63, 3.8) is 0 Å². The monoisotopic (exact) mass is 1090 g/mol. The van der Waals surface area contributed by atoms with Crippen LogP contribution in [-0.4, -0.2) is 85.6 Å². The zero-order valence-electron chi connectivity index (χ0n) is 47.6. The molecule has 0 spiro atoms. The van der Waals surface area contributed by atoms with Crippen molar-refractivity contribution in [1.82, 2.24) is 0 Å². The van der Waals surface area contributed by atoms with Crippen LogP contribution in [0.1, 0.15) is 226 Å². The quantitative estimate of drug-likeness (QED) is 0.0189. The average Bonchev–Trinajstić information content (AvgIpc) is 3.58. The van der Waals surface area contributed by atoms with Gasteiger partial charge in [0.2, 0.25) is 0 Å². The Morgan fingerprint density at radius 2 is 0.346 bits per heavy atom. The van der Waals surface area contributed by atoms with E-state index in [1.165, 1.54) is 96.3 Å². The standard InChI is InChI=1S/C66H102O12/c67-31-25-19-13-7-1-4-10-16-22-28-34-76-64-58(46-70)40-55(41-59(64)47-71)52-37-53(56-42-60(48-72)65(61(43-56)49-73)77-35-29-23-17-11-5-2-8-14-20-26-32-68)39-54(38-52)57-44-62(50-74)66(63(45-57)51-75)78-36-30-24-18-12-6-3-9-15-21-27-33-69/h37-45,67-75H,1-36,46-51H2. The molecule has 12 heteroatoms. The summed E-state index contributed by atoms with van der Waals surface area (Å²) in [7, 11) is 0. The van der Waals surface area contributed by atoms with Crippen molar-refractivity contribution in [3.8, 4) is 50.6 Å². The molecule has 438 valence electrons. The van der Waals surface area contributed by atoms with Gasteiger partial charge >= 0.3 is 0 Å². The van der Waals surface area contributed by atoms with E-state index in [1.54, 1.807) is 0 Å². The molecule has 0 atom stereocenters. The minimum atomic E-state index is -0.303. The summed E-state index contributed by atoms with van der Waals surface area (Å²) in [6, 6.07) is 17.4. The zero-order valence-corrected chi connectivity index (χ0v) is 47.6. The maximum atomic E-state index is 10.8. The molecule has 0 unspecified atom stereocenters. The van der Waals surface area contributed by atoms with Gasteiger partial charge in [-0.25, -0.2) is 0 Å². The Balaban J connectivity index is 1.59. The van der Waals surface area contributed by atoms with Gasteiger partial charge in [0.25, 0.3) is 0 Å². The average molecular weight is 1090 g/mol. The van der Waals surface area contributed by atoms with E-state index in [0.717, 1.165) is 130 Å². The van der Waals surface area contributed by atoms with Crippen molar-refractivity contribution in [3.05, 3.63) is 88.0 Å². The number of rotatable bonds is 48. The van der Waals surface area contributed by atoms with Gasteiger partial charge in [-0.15, -0.1) is 0 Å². The number of aliphatic hydroxyl groups excluding tert-OH is 9. The van der Waals surface area contributed by atoms with Gasteiger partial charge in [0.05, 0.1) is 59.5 Å². The first-order valence-corrected chi connectivity index (χ1v) is 30.4. The molecule has 9 N–H and O–H groups in total. The van der Waals surface area contributed by atoms with Crippen LogP contribution < -0.4 is 14.2 Å². The number of hydrogen-bond donors (Lipinski definition) is 9. The Kier molecular flexibility index (Phi) is 35.7. The molecular formula is C66H102O12. The van der Waals surface area contributed by atoms with Crippen molar-refractivity contribution in [2.45, 2.75) is 232 Å². The van der Waals surface area contributed by atoms with Crippen LogP contribution in [0, 0.1) is 0 Å². The van der Waals surface area contributed by atoms with Gasteiger partial charge in [-0.3, -0.25) is 0 Å². The van der Waals surface area contributed by atoms with Gasteiger partial charge in [-0.05, 0) is 127 Å². The van der Waals surface area contributed by atoms with Crippen LogP contribution in [0.5, 0.6) is 17.2 Å². The Morgan fingerprint density at radius 3 is 0.513 bits per heavy atom. The van der Waals surface area contributed by atoms with E-state index in [2.05, 4.69) is 0 Å². The zero-order chi connectivity index (χ0) is 55.8. The SMILES string of the molecule is OCCCCCCCCCCCCOc1c(CO)cc(-c2cc(-c3cc(CO)c(OCCCCCCCCCCCCO)c(CO)c3)cc(-c3cc(CO)c(OCCCCCCCCCCCCO)c(CO)c3)c2)cc1CO. The second-order valence-corrected chi connectivity index (χ2v) is 21.4. The van der Waals surface area contributed by atoms with Crippen molar-refractivity contribution in [2.75, 3.05) is 39.6 Å². The molecule has 0 amide bonds. The third-order valence-corrected chi connectivity index (χ3v) is 15.1. The maximum absolute atomic E-state index is 10.8. The van der Waals surface area contributed by atoms with E-state index in [9.17, 15) is 30.6 Å². The minimum Gasteiger partial charge on any atom is -0.493 e. The molecule has 0 fully saturated rings. The molecule has 0 saturated heterocycles. The number of unbranched alkanes of at least 4 members (excludes halogenated alkanes) is 27. The van der Waals surface area contributed by atoms with Crippen LogP contribution in [0.4, 0.5) is 0 Å². The predicted octanol–water partition coefficient (Wildman–Crippen LogP) is 13.5. The van der Waals surface area contributed by atoms with Crippen LogP contribution in [0.3, 0.4) is 0 Å². The van der Waals surface area contributed by atoms with Crippen LogP contribution in [0.15, 0.2) is 54.6 Å². The van der Waals surface area contributed by atoms with E-state index >= 15 is 0 Å². The third kappa shape index (κ3) is 24.3. The van der Waals surface area contributed by atoms with Crippen molar-refractivity contribution < 1.29 is 60.2 Å². The Bertz CT molecular complexity index is 1860. The highest BCUT2D eigenvalue weighted by Crippen LogP contribution is 2.40. The van der Waals surface area contributed by atoms with Crippen LogP contribution in [0.2, 0.25) is 0 Å². The van der Waals surface area contributed by atoms with Crippen molar-refractivity contribution in [2.24, 2.45) is 0 Å². The highest BCUT2D eigenvalue weighted by molar-refractivity contribution is 5.83. The minimum absolute atomic E-state index is 0.272. The lowest BCUT2D eigenvalue weighted by Crippen LogP contribution is -2.05. The molecule has 0 aliphatic heterocycles. The lowest BCUT2D eigenvalue weighted by Gasteiger charge is -2.20. The molecule has 4 aromatic rings. The van der Waals surface area contributed by atoms with Gasteiger partial charge < -0.3 is 60.2 Å². The van der Waals surface area contributed by atoms with Crippen molar-refractivity contribution in [1.29, 1.82) is 0 Å². The number of hydrogen-bond acceptors (Lipinski definition) is 12. The van der Waals surface area contributed by atoms with E-state index in [1.807, 2.05) is 54.6 Å². The molecule has 0 saturated carbocycles. The summed E-state index contributed by atoms with van der Waals surface area (Å²) in [5, 5.41) is 91.7. The molecule has 12 nitrogen and oxygen atoms in total. The molecule has 0 aliphatic carbocycles. The molecule has 0 aliphatic rings. The summed E-state index contributed by atoms with van der Waals surface area (Å²) in [4.78, 5) is 0. The maximum Gasteiger partial charge on any atom is 0.130 e. The highest BCUT2D eigenvalue weighted by Gasteiger charge is 2.20. The second kappa shape index (κ2) is 41.9. The lowest BCUT2D eigenvalue weighted by atomic mass is 9.89. The summed E-state index contributed by atoms with van der Waals surface area (Å²) in [6.45, 7) is 0.380. The van der Waals surface area contributed by atoms with E-state index in [-0.39, 0.29) is 59.5 Å². The van der Waals surface area contributed by atoms with Gasteiger partial charge in [0.15, 0.2) is 0 Å². The molecule has 4 rings (SSSR count). The smallest absolute Gasteiger partial charge is 0.130 e. The van der Waals surface area contributed by atoms with Gasteiger partial charge in [-0.1, -0.05) is 154 Å². The lowest BCUT2D eigenvalue weighted by molar-refractivity contribution is 0.243. The van der Waals surface area contributed by atoms with Crippen LogP contribution >= 0.6 is 0 Å². The van der Waals surface area contributed by atoms with E-state index in [0.29, 0.717) is 70.4 Å². The second-order valence-electron chi connectivity index (χ2n) is 21.4. The van der Waals surface area contributed by atoms with Gasteiger partial charge in [-0.2, -0.15) is 0 Å². The summed E-state index contributed by atoms with van der Waals surface area (Å²) >= 11 is 0. The first-order valence-electron chi connectivity index (χ1n) is 30.4. The normalized spacial score (nSPS) is 11.5. The molecule has 4 aromatic carbocycles. The molecular weight excluding hydrogens is 985 g/mol. The number of benzene rings is 4. The predicted molar refractivity (Wildman–Crippen MR) is 315 cm³/mol. The van der Waals surface area contributed by atoms with Gasteiger partial charge in [0, 0.05) is 53.2 Å². The fraction of sp³-hybridized carbons (Fsp3) is 0.636.